The number of pyridine rings is 1. The first-order chi connectivity index (χ1) is 10.6. The summed E-state index contributed by atoms with van der Waals surface area (Å²) < 4.78 is 13.5. The Morgan fingerprint density at radius 3 is 2.59 bits per heavy atom. The van der Waals surface area contributed by atoms with Crippen LogP contribution in [0.15, 0.2) is 48.7 Å². The molecule has 0 spiro atoms. The molecule has 1 heterocycles. The van der Waals surface area contributed by atoms with E-state index in [1.54, 1.807) is 24.3 Å². The molecule has 0 aliphatic rings. The predicted octanol–water partition coefficient (Wildman–Crippen LogP) is 2.11. The Labute approximate surface area is 126 Å². The largest absolute Gasteiger partial charge is 0.309 e. The highest BCUT2D eigenvalue weighted by molar-refractivity contribution is 6.09. The van der Waals surface area contributed by atoms with Crippen LogP contribution in [0, 0.1) is 23.1 Å². The minimum Gasteiger partial charge on any atom is -0.309 e. The predicted molar refractivity (Wildman–Crippen MR) is 77.1 cm³/mol. The first kappa shape index (κ1) is 15.3. The van der Waals surface area contributed by atoms with Gasteiger partial charge in [-0.3, -0.25) is 9.59 Å². The van der Waals surface area contributed by atoms with Crippen molar-refractivity contribution in [3.63, 3.8) is 0 Å². The Morgan fingerprint density at radius 2 is 1.95 bits per heavy atom. The lowest BCUT2D eigenvalue weighted by atomic mass is 9.98. The fourth-order valence-electron chi connectivity index (χ4n) is 1.84. The van der Waals surface area contributed by atoms with E-state index < -0.39 is 23.4 Å². The number of halogens is 1. The van der Waals surface area contributed by atoms with Crippen molar-refractivity contribution in [3.8, 4) is 6.07 Å². The van der Waals surface area contributed by atoms with Crippen LogP contribution in [0.5, 0.6) is 0 Å². The molecule has 0 aliphatic heterocycles. The van der Waals surface area contributed by atoms with Crippen LogP contribution >= 0.6 is 0 Å². The van der Waals surface area contributed by atoms with Crippen molar-refractivity contribution < 1.29 is 14.0 Å². The monoisotopic (exact) mass is 297 g/mol. The van der Waals surface area contributed by atoms with E-state index in [-0.39, 0.29) is 17.8 Å². The van der Waals surface area contributed by atoms with Gasteiger partial charge in [-0.1, -0.05) is 24.3 Å². The minimum atomic E-state index is -1.51. The van der Waals surface area contributed by atoms with Crippen LogP contribution in [-0.2, 0) is 16.0 Å². The van der Waals surface area contributed by atoms with Gasteiger partial charge in [0.05, 0.1) is 6.07 Å². The van der Waals surface area contributed by atoms with Gasteiger partial charge >= 0.3 is 0 Å². The highest BCUT2D eigenvalue weighted by atomic mass is 19.1. The summed E-state index contributed by atoms with van der Waals surface area (Å²) >= 11 is 0. The first-order valence-corrected chi connectivity index (χ1v) is 6.49. The Hall–Kier alpha value is -3.07. The first-order valence-electron chi connectivity index (χ1n) is 6.49. The molecular weight excluding hydrogens is 285 g/mol. The van der Waals surface area contributed by atoms with E-state index in [1.807, 2.05) is 0 Å². The maximum atomic E-state index is 13.5. The van der Waals surface area contributed by atoms with Crippen LogP contribution in [0.2, 0.25) is 0 Å². The van der Waals surface area contributed by atoms with Crippen LogP contribution in [0.3, 0.4) is 0 Å². The highest BCUT2D eigenvalue weighted by Gasteiger charge is 2.27. The molecule has 22 heavy (non-hydrogen) atoms. The summed E-state index contributed by atoms with van der Waals surface area (Å²) in [6.07, 6.45) is 1.15. The summed E-state index contributed by atoms with van der Waals surface area (Å²) in [4.78, 5) is 27.9. The molecule has 5 nitrogen and oxygen atoms in total. The third kappa shape index (κ3) is 3.73. The number of hydrogen-bond donors (Lipinski definition) is 1. The number of ketones is 1. The molecule has 0 saturated heterocycles. The van der Waals surface area contributed by atoms with E-state index in [4.69, 9.17) is 5.26 Å². The van der Waals surface area contributed by atoms with Crippen molar-refractivity contribution in [2.24, 2.45) is 5.92 Å². The molecule has 0 saturated carbocycles. The van der Waals surface area contributed by atoms with Crippen LogP contribution < -0.4 is 5.32 Å². The molecule has 0 radical (unpaired) electrons. The zero-order chi connectivity index (χ0) is 15.9. The number of rotatable bonds is 5. The molecule has 1 atom stereocenters. The lowest BCUT2D eigenvalue weighted by molar-refractivity contribution is -0.128. The number of anilines is 1. The summed E-state index contributed by atoms with van der Waals surface area (Å²) in [5, 5.41) is 11.4. The molecule has 1 amide bonds. The molecule has 6 heteroatoms. The second kappa shape index (κ2) is 7.09. The quantitative estimate of drug-likeness (QED) is 0.857. The number of aromatic nitrogens is 1. The normalized spacial score (nSPS) is 11.3. The number of amides is 1. The van der Waals surface area contributed by atoms with Crippen molar-refractivity contribution in [2.75, 3.05) is 5.32 Å². The molecular formula is C16H12FN3O2. The number of nitrogens with zero attached hydrogens (tertiary/aromatic N) is 2. The number of carbonyl (C=O) groups excluding carboxylic acids is 2. The summed E-state index contributed by atoms with van der Waals surface area (Å²) in [7, 11) is 0. The summed E-state index contributed by atoms with van der Waals surface area (Å²) in [6.45, 7) is 0. The fraction of sp³-hybridized carbons (Fsp3) is 0.125. The number of hydrogen-bond acceptors (Lipinski definition) is 4. The van der Waals surface area contributed by atoms with Gasteiger partial charge in [0.15, 0.2) is 11.7 Å². The van der Waals surface area contributed by atoms with Crippen LogP contribution in [0.1, 0.15) is 5.56 Å². The third-order valence-corrected chi connectivity index (χ3v) is 2.95. The van der Waals surface area contributed by atoms with Crippen molar-refractivity contribution in [2.45, 2.75) is 6.42 Å². The van der Waals surface area contributed by atoms with Gasteiger partial charge in [0, 0.05) is 12.6 Å². The topological polar surface area (TPSA) is 82.8 Å². The number of nitrogens with one attached hydrogen (secondary N) is 1. The standard InChI is InChI=1S/C16H12FN3O2/c17-13-6-2-1-5-11(13)9-14(21)12(10-18)16(22)20-15-7-3-4-8-19-15/h1-8,12H,9H2,(H,19,20,22)/t12-/m0/s1. The van der Waals surface area contributed by atoms with Crippen LogP contribution in [0.4, 0.5) is 10.2 Å². The van der Waals surface area contributed by atoms with Crippen molar-refractivity contribution in [3.05, 3.63) is 60.0 Å². The minimum absolute atomic E-state index is 0.151. The Bertz CT molecular complexity index is 726. The maximum Gasteiger partial charge on any atom is 0.250 e. The van der Waals surface area contributed by atoms with Crippen LogP contribution in [-0.4, -0.2) is 16.7 Å². The lowest BCUT2D eigenvalue weighted by Gasteiger charge is -2.09. The zero-order valence-corrected chi connectivity index (χ0v) is 11.5. The smallest absolute Gasteiger partial charge is 0.250 e. The molecule has 110 valence electrons. The second-order valence-electron chi connectivity index (χ2n) is 4.50. The number of nitriles is 1. The molecule has 1 aromatic carbocycles. The van der Waals surface area contributed by atoms with Gasteiger partial charge in [0.1, 0.15) is 11.6 Å². The van der Waals surface area contributed by atoms with Gasteiger partial charge < -0.3 is 5.32 Å². The molecule has 0 bridgehead atoms. The van der Waals surface area contributed by atoms with E-state index >= 15 is 0 Å². The molecule has 0 fully saturated rings. The van der Waals surface area contributed by atoms with Gasteiger partial charge in [0.2, 0.25) is 0 Å². The van der Waals surface area contributed by atoms with Crippen molar-refractivity contribution in [1.82, 2.24) is 4.98 Å². The number of carbonyl (C=O) groups is 2. The second-order valence-corrected chi connectivity index (χ2v) is 4.50. The van der Waals surface area contributed by atoms with E-state index in [2.05, 4.69) is 10.3 Å². The highest BCUT2D eigenvalue weighted by Crippen LogP contribution is 2.12. The molecule has 2 rings (SSSR count). The van der Waals surface area contributed by atoms with Gasteiger partial charge in [-0.25, -0.2) is 9.37 Å². The summed E-state index contributed by atoms with van der Waals surface area (Å²) in [5.74, 6) is -3.26. The summed E-state index contributed by atoms with van der Waals surface area (Å²) in [6, 6.07) is 12.3. The number of Topliss-reactive ketones (excluding diaryl/α,β-unsaturated/α-hetero) is 1. The molecule has 0 unspecified atom stereocenters. The lowest BCUT2D eigenvalue weighted by Crippen LogP contribution is -2.30. The Balaban J connectivity index is 2.08. The van der Waals surface area contributed by atoms with Gasteiger partial charge in [-0.2, -0.15) is 5.26 Å². The maximum absolute atomic E-state index is 13.5. The number of benzene rings is 1. The Morgan fingerprint density at radius 1 is 1.23 bits per heavy atom. The average Bonchev–Trinajstić information content (AvgIpc) is 2.51. The average molecular weight is 297 g/mol. The van der Waals surface area contributed by atoms with E-state index in [0.717, 1.165) is 0 Å². The zero-order valence-electron chi connectivity index (χ0n) is 11.5. The fourth-order valence-corrected chi connectivity index (χ4v) is 1.84. The third-order valence-electron chi connectivity index (χ3n) is 2.95. The molecule has 1 N–H and O–H groups in total. The molecule has 2 aromatic rings. The van der Waals surface area contributed by atoms with Gasteiger partial charge in [0.25, 0.3) is 5.91 Å². The SMILES string of the molecule is N#C[C@@H](C(=O)Cc1ccccc1F)C(=O)Nc1ccccn1. The molecule has 0 aliphatic carbocycles. The van der Waals surface area contributed by atoms with Crippen molar-refractivity contribution in [1.29, 1.82) is 5.26 Å². The van der Waals surface area contributed by atoms with E-state index in [0.29, 0.717) is 0 Å². The van der Waals surface area contributed by atoms with Gasteiger partial charge in [-0.15, -0.1) is 0 Å². The Kier molecular flexibility index (Phi) is 4.94. The van der Waals surface area contributed by atoms with E-state index in [1.165, 1.54) is 30.5 Å². The van der Waals surface area contributed by atoms with Crippen LogP contribution in [0.25, 0.3) is 0 Å². The van der Waals surface area contributed by atoms with Crippen molar-refractivity contribution >= 4 is 17.5 Å². The van der Waals surface area contributed by atoms with Gasteiger partial charge in [-0.05, 0) is 23.8 Å². The summed E-state index contributed by atoms with van der Waals surface area (Å²) in [5.41, 5.74) is 0.151. The molecule has 1 aromatic heterocycles. The van der Waals surface area contributed by atoms with E-state index in [9.17, 15) is 14.0 Å².